The number of hydrogen-bond acceptors (Lipinski definition) is 1. The Morgan fingerprint density at radius 3 is 2.16 bits per heavy atom. The SMILES string of the molecule is C/C=C/CCC1CCC(C(F)(F)OC2CC(F)C(F)C(F)C2)C(F)C1. The van der Waals surface area contributed by atoms with Crippen molar-refractivity contribution in [2.24, 2.45) is 11.8 Å². The second kappa shape index (κ2) is 8.78. The number of ether oxygens (including phenoxy) is 1. The van der Waals surface area contributed by atoms with Gasteiger partial charge in [-0.25, -0.2) is 17.6 Å². The van der Waals surface area contributed by atoms with Crippen molar-refractivity contribution in [1.82, 2.24) is 0 Å². The molecule has 25 heavy (non-hydrogen) atoms. The largest absolute Gasteiger partial charge is 0.361 e. The van der Waals surface area contributed by atoms with Crippen molar-refractivity contribution >= 4 is 0 Å². The zero-order valence-corrected chi connectivity index (χ0v) is 14.3. The van der Waals surface area contributed by atoms with Gasteiger partial charge in [-0.05, 0) is 44.9 Å². The molecule has 0 amide bonds. The fraction of sp³-hybridized carbons (Fsp3) is 0.889. The molecule has 146 valence electrons. The lowest BCUT2D eigenvalue weighted by Gasteiger charge is -2.39. The van der Waals surface area contributed by atoms with Crippen molar-refractivity contribution in [2.45, 2.75) is 88.8 Å². The third-order valence-electron chi connectivity index (χ3n) is 5.28. The molecule has 1 nitrogen and oxygen atoms in total. The van der Waals surface area contributed by atoms with Crippen molar-refractivity contribution in [3.05, 3.63) is 12.2 Å². The van der Waals surface area contributed by atoms with E-state index in [4.69, 9.17) is 0 Å². The third kappa shape index (κ3) is 5.38. The Morgan fingerprint density at radius 2 is 1.60 bits per heavy atom. The van der Waals surface area contributed by atoms with Gasteiger partial charge in [0.25, 0.3) is 0 Å². The Morgan fingerprint density at radius 1 is 0.960 bits per heavy atom. The van der Waals surface area contributed by atoms with Gasteiger partial charge in [0.2, 0.25) is 0 Å². The minimum atomic E-state index is -3.80. The first-order valence-corrected chi connectivity index (χ1v) is 8.97. The van der Waals surface area contributed by atoms with Gasteiger partial charge in [0, 0.05) is 12.8 Å². The quantitative estimate of drug-likeness (QED) is 0.418. The molecular formula is C18H26F6O. The van der Waals surface area contributed by atoms with Gasteiger partial charge in [-0.2, -0.15) is 8.78 Å². The van der Waals surface area contributed by atoms with Gasteiger partial charge in [0.15, 0.2) is 6.17 Å². The monoisotopic (exact) mass is 372 g/mol. The number of alkyl halides is 6. The minimum absolute atomic E-state index is 0.0365. The van der Waals surface area contributed by atoms with Gasteiger partial charge in [-0.3, -0.25) is 0 Å². The summed E-state index contributed by atoms with van der Waals surface area (Å²) < 4.78 is 87.3. The van der Waals surface area contributed by atoms with Crippen LogP contribution in [0.5, 0.6) is 0 Å². The maximum atomic E-state index is 14.3. The third-order valence-corrected chi connectivity index (χ3v) is 5.28. The normalized spacial score (nSPS) is 40.5. The Labute approximate surface area is 144 Å². The summed E-state index contributed by atoms with van der Waals surface area (Å²) >= 11 is 0. The second-order valence-electron chi connectivity index (χ2n) is 7.20. The van der Waals surface area contributed by atoms with Crippen LogP contribution in [0, 0.1) is 11.8 Å². The first-order valence-electron chi connectivity index (χ1n) is 8.97. The van der Waals surface area contributed by atoms with E-state index < -0.39 is 55.7 Å². The molecule has 2 aliphatic rings. The molecule has 0 aliphatic heterocycles. The molecule has 2 aliphatic carbocycles. The molecule has 5 atom stereocenters. The number of hydrogen-bond donors (Lipinski definition) is 0. The maximum absolute atomic E-state index is 14.3. The summed E-state index contributed by atoms with van der Waals surface area (Å²) in [5.41, 5.74) is 0. The van der Waals surface area contributed by atoms with Gasteiger partial charge < -0.3 is 4.74 Å². The van der Waals surface area contributed by atoms with Crippen molar-refractivity contribution < 1.29 is 31.1 Å². The zero-order valence-electron chi connectivity index (χ0n) is 14.3. The van der Waals surface area contributed by atoms with E-state index in [9.17, 15) is 26.3 Å². The van der Waals surface area contributed by atoms with E-state index in [0.717, 1.165) is 12.8 Å². The minimum Gasteiger partial charge on any atom is -0.317 e. The lowest BCUT2D eigenvalue weighted by molar-refractivity contribution is -0.314. The van der Waals surface area contributed by atoms with E-state index in [0.29, 0.717) is 6.42 Å². The van der Waals surface area contributed by atoms with Gasteiger partial charge >= 0.3 is 6.11 Å². The Kier molecular flexibility index (Phi) is 7.23. The second-order valence-corrected chi connectivity index (χ2v) is 7.20. The van der Waals surface area contributed by atoms with Crippen LogP contribution < -0.4 is 0 Å². The van der Waals surface area contributed by atoms with E-state index in [2.05, 4.69) is 4.74 Å². The smallest absolute Gasteiger partial charge is 0.317 e. The molecule has 2 rings (SSSR count). The predicted molar refractivity (Wildman–Crippen MR) is 83.5 cm³/mol. The summed E-state index contributed by atoms with van der Waals surface area (Å²) in [6.45, 7) is 1.88. The summed E-state index contributed by atoms with van der Waals surface area (Å²) in [4.78, 5) is 0. The van der Waals surface area contributed by atoms with Crippen molar-refractivity contribution in [2.75, 3.05) is 0 Å². The highest BCUT2D eigenvalue weighted by Crippen LogP contribution is 2.44. The topological polar surface area (TPSA) is 9.23 Å². The molecule has 0 radical (unpaired) electrons. The molecule has 2 saturated carbocycles. The first kappa shape index (κ1) is 20.6. The van der Waals surface area contributed by atoms with Gasteiger partial charge in [0.1, 0.15) is 18.5 Å². The first-order chi connectivity index (χ1) is 11.7. The Bertz CT molecular complexity index is 431. The van der Waals surface area contributed by atoms with Crippen LogP contribution in [0.4, 0.5) is 26.3 Å². The van der Waals surface area contributed by atoms with Gasteiger partial charge in [-0.1, -0.05) is 12.2 Å². The number of rotatable bonds is 6. The summed E-state index contributed by atoms with van der Waals surface area (Å²) in [6.07, 6.45) is -9.03. The van der Waals surface area contributed by atoms with Crippen LogP contribution >= 0.6 is 0 Å². The zero-order chi connectivity index (χ0) is 18.6. The van der Waals surface area contributed by atoms with Crippen LogP contribution in [0.2, 0.25) is 0 Å². The number of allylic oxidation sites excluding steroid dienone is 2. The highest BCUT2D eigenvalue weighted by atomic mass is 19.3. The standard InChI is InChI=1S/C18H26F6O/c1-2-3-4-5-11-6-7-13(14(19)8-11)18(23,24)25-12-9-15(20)17(22)16(21)10-12/h2-3,11-17H,4-10H2,1H3/b3-2+. The highest BCUT2D eigenvalue weighted by Gasteiger charge is 2.51. The van der Waals surface area contributed by atoms with Crippen LogP contribution in [0.1, 0.15) is 51.9 Å². The lowest BCUT2D eigenvalue weighted by Crippen LogP contribution is -2.47. The van der Waals surface area contributed by atoms with Crippen LogP contribution in [0.3, 0.4) is 0 Å². The van der Waals surface area contributed by atoms with E-state index in [1.807, 2.05) is 19.1 Å². The Balaban J connectivity index is 1.89. The van der Waals surface area contributed by atoms with Crippen molar-refractivity contribution in [1.29, 1.82) is 0 Å². The van der Waals surface area contributed by atoms with Crippen LogP contribution in [-0.2, 0) is 4.74 Å². The van der Waals surface area contributed by atoms with Crippen LogP contribution in [0.15, 0.2) is 12.2 Å². The Hall–Kier alpha value is -0.720. The van der Waals surface area contributed by atoms with Crippen molar-refractivity contribution in [3.8, 4) is 0 Å². The fourth-order valence-electron chi connectivity index (χ4n) is 3.83. The summed E-state index contributed by atoms with van der Waals surface area (Å²) in [6, 6.07) is 0. The molecule has 7 heteroatoms. The number of halogens is 6. The molecule has 0 N–H and O–H groups in total. The predicted octanol–water partition coefficient (Wildman–Crippen LogP) is 5.88. The highest BCUT2D eigenvalue weighted by molar-refractivity contribution is 4.91. The average molecular weight is 372 g/mol. The lowest BCUT2D eigenvalue weighted by atomic mass is 9.78. The molecule has 2 fully saturated rings. The molecule has 0 spiro atoms. The van der Waals surface area contributed by atoms with E-state index in [1.54, 1.807) is 0 Å². The molecule has 0 saturated heterocycles. The van der Waals surface area contributed by atoms with E-state index >= 15 is 0 Å². The molecule has 5 unspecified atom stereocenters. The summed E-state index contributed by atoms with van der Waals surface area (Å²) in [7, 11) is 0. The molecule has 0 heterocycles. The maximum Gasteiger partial charge on any atom is 0.361 e. The molecule has 0 aromatic carbocycles. The van der Waals surface area contributed by atoms with E-state index in [-0.39, 0.29) is 18.8 Å². The summed E-state index contributed by atoms with van der Waals surface area (Å²) in [5, 5.41) is 0. The average Bonchev–Trinajstić information content (AvgIpc) is 2.52. The fourth-order valence-corrected chi connectivity index (χ4v) is 3.83. The molecular weight excluding hydrogens is 346 g/mol. The molecule has 0 aromatic rings. The molecule has 0 aromatic heterocycles. The van der Waals surface area contributed by atoms with Gasteiger partial charge in [0.05, 0.1) is 12.0 Å². The van der Waals surface area contributed by atoms with Gasteiger partial charge in [-0.15, -0.1) is 0 Å². The van der Waals surface area contributed by atoms with Crippen LogP contribution in [0.25, 0.3) is 0 Å². The van der Waals surface area contributed by atoms with Crippen LogP contribution in [-0.4, -0.2) is 36.9 Å². The van der Waals surface area contributed by atoms with Crippen molar-refractivity contribution in [3.63, 3.8) is 0 Å². The van der Waals surface area contributed by atoms with E-state index in [1.165, 1.54) is 0 Å². The molecule has 0 bridgehead atoms. The summed E-state index contributed by atoms with van der Waals surface area (Å²) in [5.74, 6) is -1.57.